The number of carboxylic acids is 1. The number of carbonyl (C=O) groups is 1. The van der Waals surface area contributed by atoms with Gasteiger partial charge in [0.25, 0.3) is 0 Å². The Hall–Kier alpha value is -1.83. The topological polar surface area (TPSA) is 70.4 Å². The third-order valence-electron chi connectivity index (χ3n) is 2.19. The molecule has 18 heavy (non-hydrogen) atoms. The van der Waals surface area contributed by atoms with Gasteiger partial charge >= 0.3 is 12.1 Å². The Balaban J connectivity index is 2.52. The summed E-state index contributed by atoms with van der Waals surface area (Å²) >= 11 is 0.775. The first-order valence-corrected chi connectivity index (χ1v) is 5.50. The lowest BCUT2D eigenvalue weighted by Gasteiger charge is -2.01. The number of halogens is 3. The maximum absolute atomic E-state index is 12.2. The van der Waals surface area contributed by atoms with Crippen molar-refractivity contribution in [2.75, 3.05) is 0 Å². The van der Waals surface area contributed by atoms with E-state index in [9.17, 15) is 23.1 Å². The molecule has 0 aliphatic rings. The molecular weight excluding hydrogens is 271 g/mol. The van der Waals surface area contributed by atoms with Crippen molar-refractivity contribution in [2.45, 2.75) is 12.6 Å². The predicted molar refractivity (Wildman–Crippen MR) is 58.0 cm³/mol. The maximum atomic E-state index is 12.2. The largest absolute Gasteiger partial charge is 0.506 e. The standard InChI is InChI=1S/C10H6F3NO3S/c11-10(12,13)2-4-1-5-7(15)6(9(16)17)3-14-8(5)18-4/h1,3H,2H2,(H,14,15)(H,16,17). The number of aromatic hydroxyl groups is 1. The van der Waals surface area contributed by atoms with E-state index < -0.39 is 29.9 Å². The molecule has 2 aromatic rings. The van der Waals surface area contributed by atoms with Crippen molar-refractivity contribution in [3.8, 4) is 5.75 Å². The Morgan fingerprint density at radius 3 is 2.67 bits per heavy atom. The first-order valence-electron chi connectivity index (χ1n) is 4.68. The highest BCUT2D eigenvalue weighted by Gasteiger charge is 2.29. The zero-order valence-corrected chi connectivity index (χ0v) is 9.47. The number of rotatable bonds is 2. The number of aromatic nitrogens is 1. The second-order valence-corrected chi connectivity index (χ2v) is 4.66. The molecule has 0 fully saturated rings. The van der Waals surface area contributed by atoms with E-state index in [0.717, 1.165) is 23.6 Å². The Morgan fingerprint density at radius 1 is 1.44 bits per heavy atom. The zero-order valence-electron chi connectivity index (χ0n) is 8.65. The molecule has 2 N–H and O–H groups in total. The van der Waals surface area contributed by atoms with Crippen LogP contribution in [0.4, 0.5) is 13.2 Å². The van der Waals surface area contributed by atoms with Crippen LogP contribution < -0.4 is 0 Å². The Bertz CT molecular complexity index is 621. The van der Waals surface area contributed by atoms with Crippen LogP contribution in [0.3, 0.4) is 0 Å². The van der Waals surface area contributed by atoms with Crippen LogP contribution in [-0.2, 0) is 6.42 Å². The minimum Gasteiger partial charge on any atom is -0.506 e. The van der Waals surface area contributed by atoms with Crippen LogP contribution in [0, 0.1) is 0 Å². The van der Waals surface area contributed by atoms with Gasteiger partial charge in [-0.1, -0.05) is 0 Å². The molecule has 2 aromatic heterocycles. The molecule has 0 aromatic carbocycles. The normalized spacial score (nSPS) is 11.9. The van der Waals surface area contributed by atoms with Gasteiger partial charge in [0.2, 0.25) is 0 Å². The number of hydrogen-bond donors (Lipinski definition) is 2. The van der Waals surface area contributed by atoms with E-state index in [4.69, 9.17) is 5.11 Å². The SMILES string of the molecule is O=C(O)c1cnc2sc(CC(F)(F)F)cc2c1O. The van der Waals surface area contributed by atoms with Gasteiger partial charge in [0.15, 0.2) is 0 Å². The van der Waals surface area contributed by atoms with Crippen molar-refractivity contribution in [2.24, 2.45) is 0 Å². The van der Waals surface area contributed by atoms with Crippen LogP contribution in [-0.4, -0.2) is 27.3 Å². The van der Waals surface area contributed by atoms with Gasteiger partial charge in [0.1, 0.15) is 16.1 Å². The summed E-state index contributed by atoms with van der Waals surface area (Å²) in [5.74, 6) is -1.94. The van der Waals surface area contributed by atoms with E-state index in [1.165, 1.54) is 0 Å². The molecule has 0 spiro atoms. The van der Waals surface area contributed by atoms with E-state index in [1.54, 1.807) is 0 Å². The highest BCUT2D eigenvalue weighted by molar-refractivity contribution is 7.18. The third kappa shape index (κ3) is 2.37. The summed E-state index contributed by atoms with van der Waals surface area (Å²) in [6.07, 6.45) is -4.56. The first kappa shape index (κ1) is 12.6. The molecule has 0 saturated heterocycles. The lowest BCUT2D eigenvalue weighted by Crippen LogP contribution is -2.09. The number of fused-ring (bicyclic) bond motifs is 1. The number of aromatic carboxylic acids is 1. The van der Waals surface area contributed by atoms with E-state index in [-0.39, 0.29) is 15.1 Å². The second-order valence-electron chi connectivity index (χ2n) is 3.55. The lowest BCUT2D eigenvalue weighted by atomic mass is 10.2. The van der Waals surface area contributed by atoms with Crippen molar-refractivity contribution < 1.29 is 28.2 Å². The van der Waals surface area contributed by atoms with Crippen molar-refractivity contribution in [3.63, 3.8) is 0 Å². The Morgan fingerprint density at radius 2 is 2.11 bits per heavy atom. The second kappa shape index (κ2) is 4.13. The van der Waals surface area contributed by atoms with Crippen LogP contribution in [0.1, 0.15) is 15.2 Å². The molecule has 0 bridgehead atoms. The molecule has 2 heterocycles. The fourth-order valence-electron chi connectivity index (χ4n) is 1.47. The summed E-state index contributed by atoms with van der Waals surface area (Å²) in [6, 6.07) is 1.11. The van der Waals surface area contributed by atoms with Crippen molar-refractivity contribution in [1.29, 1.82) is 0 Å². The molecule has 0 unspecified atom stereocenters. The first-order chi connectivity index (χ1) is 8.28. The highest BCUT2D eigenvalue weighted by atomic mass is 32.1. The predicted octanol–water partition coefficient (Wildman–Crippen LogP) is 2.80. The number of carboxylic acid groups (broad SMARTS) is 1. The highest BCUT2D eigenvalue weighted by Crippen LogP contribution is 2.35. The zero-order chi connectivity index (χ0) is 13.5. The molecule has 4 nitrogen and oxygen atoms in total. The van der Waals surface area contributed by atoms with E-state index in [2.05, 4.69) is 4.98 Å². The Kier molecular flexibility index (Phi) is 2.89. The fraction of sp³-hybridized carbons (Fsp3) is 0.200. The molecule has 2 rings (SSSR count). The molecule has 96 valence electrons. The smallest absolute Gasteiger partial charge is 0.393 e. The van der Waals surface area contributed by atoms with Gasteiger partial charge in [0.05, 0.1) is 11.8 Å². The molecule has 0 aliphatic heterocycles. The van der Waals surface area contributed by atoms with Crippen LogP contribution >= 0.6 is 11.3 Å². The fourth-order valence-corrected chi connectivity index (χ4v) is 2.50. The minimum atomic E-state index is -4.36. The summed E-state index contributed by atoms with van der Waals surface area (Å²) in [4.78, 5) is 14.6. The molecule has 8 heteroatoms. The lowest BCUT2D eigenvalue weighted by molar-refractivity contribution is -0.126. The van der Waals surface area contributed by atoms with Gasteiger partial charge in [-0.15, -0.1) is 11.3 Å². The molecule has 0 atom stereocenters. The van der Waals surface area contributed by atoms with Gasteiger partial charge in [-0.3, -0.25) is 0 Å². The van der Waals surface area contributed by atoms with Crippen LogP contribution in [0.5, 0.6) is 5.75 Å². The van der Waals surface area contributed by atoms with E-state index >= 15 is 0 Å². The van der Waals surface area contributed by atoms with E-state index in [0.29, 0.717) is 0 Å². The number of pyridine rings is 1. The third-order valence-corrected chi connectivity index (χ3v) is 3.23. The number of alkyl halides is 3. The summed E-state index contributed by atoms with van der Waals surface area (Å²) in [5.41, 5.74) is -0.432. The monoisotopic (exact) mass is 277 g/mol. The van der Waals surface area contributed by atoms with Gasteiger partial charge in [-0.2, -0.15) is 13.2 Å². The van der Waals surface area contributed by atoms with Crippen molar-refractivity contribution >= 4 is 27.5 Å². The minimum absolute atomic E-state index is 0.0251. The number of nitrogens with zero attached hydrogens (tertiary/aromatic N) is 1. The molecule has 0 radical (unpaired) electrons. The van der Waals surface area contributed by atoms with E-state index in [1.807, 2.05) is 0 Å². The van der Waals surface area contributed by atoms with Crippen LogP contribution in [0.25, 0.3) is 10.2 Å². The van der Waals surface area contributed by atoms with Gasteiger partial charge in [-0.25, -0.2) is 9.78 Å². The Labute approximate surface area is 102 Å². The average Bonchev–Trinajstić information content (AvgIpc) is 2.58. The average molecular weight is 277 g/mol. The molecule has 0 aliphatic carbocycles. The number of thiophene rings is 1. The molecule has 0 amide bonds. The van der Waals surface area contributed by atoms with Crippen molar-refractivity contribution in [3.05, 3.63) is 22.7 Å². The maximum Gasteiger partial charge on any atom is 0.393 e. The summed E-state index contributed by atoms with van der Waals surface area (Å²) in [5, 5.41) is 18.4. The number of hydrogen-bond acceptors (Lipinski definition) is 4. The van der Waals surface area contributed by atoms with Gasteiger partial charge < -0.3 is 10.2 Å². The summed E-state index contributed by atoms with van der Waals surface area (Å²) in [6.45, 7) is 0. The van der Waals surface area contributed by atoms with Crippen molar-refractivity contribution in [1.82, 2.24) is 4.98 Å². The van der Waals surface area contributed by atoms with Gasteiger partial charge in [0, 0.05) is 11.1 Å². The summed E-state index contributed by atoms with van der Waals surface area (Å²) < 4.78 is 36.6. The molecule has 0 saturated carbocycles. The quantitative estimate of drug-likeness (QED) is 0.885. The summed E-state index contributed by atoms with van der Waals surface area (Å²) in [7, 11) is 0. The molecular formula is C10H6F3NO3S. The van der Waals surface area contributed by atoms with Crippen LogP contribution in [0.15, 0.2) is 12.3 Å². The van der Waals surface area contributed by atoms with Gasteiger partial charge in [-0.05, 0) is 6.07 Å². The van der Waals surface area contributed by atoms with Crippen LogP contribution in [0.2, 0.25) is 0 Å².